The van der Waals surface area contributed by atoms with Crippen molar-refractivity contribution in [3.8, 4) is 0 Å². The topological polar surface area (TPSA) is 133 Å². The highest BCUT2D eigenvalue weighted by atomic mass is 32.2. The summed E-state index contributed by atoms with van der Waals surface area (Å²) in [6.07, 6.45) is 0.200. The normalized spacial score (nSPS) is 11.1. The highest BCUT2D eigenvalue weighted by molar-refractivity contribution is 7.89. The van der Waals surface area contributed by atoms with E-state index in [-0.39, 0.29) is 30.3 Å². The van der Waals surface area contributed by atoms with Gasteiger partial charge < -0.3 is 5.32 Å². The van der Waals surface area contributed by atoms with Gasteiger partial charge in [0.05, 0.1) is 4.90 Å². The van der Waals surface area contributed by atoms with E-state index in [1.54, 1.807) is 26.0 Å². The molecule has 1 rings (SSSR count). The first-order valence-electron chi connectivity index (χ1n) is 8.49. The van der Waals surface area contributed by atoms with Gasteiger partial charge in [-0.3, -0.25) is 25.2 Å². The lowest BCUT2D eigenvalue weighted by Crippen LogP contribution is -2.49. The van der Waals surface area contributed by atoms with Crippen molar-refractivity contribution in [1.29, 1.82) is 0 Å². The Hall–Kier alpha value is -2.46. The summed E-state index contributed by atoms with van der Waals surface area (Å²) in [7, 11) is -3.65. The summed E-state index contributed by atoms with van der Waals surface area (Å²) in [6.45, 7) is 7.17. The molecule has 0 fully saturated rings. The van der Waals surface area contributed by atoms with Crippen LogP contribution in [-0.4, -0.2) is 38.7 Å². The van der Waals surface area contributed by atoms with E-state index < -0.39 is 27.7 Å². The van der Waals surface area contributed by atoms with Crippen LogP contribution < -0.4 is 20.9 Å². The molecule has 0 aliphatic heterocycles. The SMILES string of the molecule is Cc1ccc(S(=O)(=O)NCCCC(=O)NNC(=O)C(=O)NC(C)C)cc1C. The van der Waals surface area contributed by atoms with Gasteiger partial charge in [-0.1, -0.05) is 6.07 Å². The molecule has 0 aliphatic carbocycles. The Bertz CT molecular complexity index is 806. The number of rotatable bonds is 7. The Morgan fingerprint density at radius 3 is 2.26 bits per heavy atom. The van der Waals surface area contributed by atoms with Gasteiger partial charge in [0.1, 0.15) is 0 Å². The minimum absolute atomic E-state index is 0.0263. The summed E-state index contributed by atoms with van der Waals surface area (Å²) in [5.41, 5.74) is 5.96. The fourth-order valence-corrected chi connectivity index (χ4v) is 3.15. The number of benzene rings is 1. The van der Waals surface area contributed by atoms with Crippen LogP contribution in [0.5, 0.6) is 0 Å². The van der Waals surface area contributed by atoms with Gasteiger partial charge in [0.15, 0.2) is 0 Å². The van der Waals surface area contributed by atoms with E-state index in [0.29, 0.717) is 0 Å². The second-order valence-electron chi connectivity index (χ2n) is 6.38. The van der Waals surface area contributed by atoms with E-state index in [1.807, 2.05) is 19.3 Å². The summed E-state index contributed by atoms with van der Waals surface area (Å²) in [6, 6.07) is 4.64. The molecular weight excluding hydrogens is 372 g/mol. The van der Waals surface area contributed by atoms with Crippen molar-refractivity contribution in [2.75, 3.05) is 6.54 Å². The zero-order valence-corrected chi connectivity index (χ0v) is 16.7. The number of sulfonamides is 1. The van der Waals surface area contributed by atoms with Gasteiger partial charge in [-0.25, -0.2) is 13.1 Å². The fourth-order valence-electron chi connectivity index (χ4n) is 1.99. The smallest absolute Gasteiger partial charge is 0.327 e. The molecule has 0 saturated heterocycles. The number of hydrazine groups is 1. The van der Waals surface area contributed by atoms with E-state index in [4.69, 9.17) is 0 Å². The van der Waals surface area contributed by atoms with Crippen molar-refractivity contribution < 1.29 is 22.8 Å². The van der Waals surface area contributed by atoms with E-state index in [9.17, 15) is 22.8 Å². The van der Waals surface area contributed by atoms with E-state index in [1.165, 1.54) is 6.07 Å². The number of nitrogens with one attached hydrogen (secondary N) is 4. The van der Waals surface area contributed by atoms with Crippen molar-refractivity contribution in [2.24, 2.45) is 0 Å². The number of hydrogen-bond donors (Lipinski definition) is 4. The van der Waals surface area contributed by atoms with Crippen LogP contribution in [0.4, 0.5) is 0 Å². The van der Waals surface area contributed by atoms with Gasteiger partial charge in [-0.15, -0.1) is 0 Å². The van der Waals surface area contributed by atoms with Crippen LogP contribution in [0.2, 0.25) is 0 Å². The molecule has 1 aromatic carbocycles. The molecule has 0 atom stereocenters. The third-order valence-corrected chi connectivity index (χ3v) is 5.06. The van der Waals surface area contributed by atoms with Gasteiger partial charge in [-0.05, 0) is 57.4 Å². The third-order valence-electron chi connectivity index (χ3n) is 3.60. The maximum absolute atomic E-state index is 12.2. The number of aryl methyl sites for hydroxylation is 2. The Balaban J connectivity index is 2.36. The largest absolute Gasteiger partial charge is 0.346 e. The van der Waals surface area contributed by atoms with Crippen LogP contribution in [0.25, 0.3) is 0 Å². The van der Waals surface area contributed by atoms with Gasteiger partial charge in [0.2, 0.25) is 15.9 Å². The average Bonchev–Trinajstić information content (AvgIpc) is 2.58. The molecule has 1 aromatic rings. The molecule has 4 N–H and O–H groups in total. The number of carbonyl (C=O) groups is 3. The molecule has 3 amide bonds. The zero-order valence-electron chi connectivity index (χ0n) is 15.9. The maximum atomic E-state index is 12.2. The highest BCUT2D eigenvalue weighted by Gasteiger charge is 2.16. The second-order valence-corrected chi connectivity index (χ2v) is 8.14. The lowest BCUT2D eigenvalue weighted by Gasteiger charge is -2.10. The second kappa shape index (κ2) is 10.0. The molecule has 0 saturated carbocycles. The predicted molar refractivity (Wildman–Crippen MR) is 99.9 cm³/mol. The number of carbonyl (C=O) groups excluding carboxylic acids is 3. The van der Waals surface area contributed by atoms with Gasteiger partial charge in [0.25, 0.3) is 0 Å². The van der Waals surface area contributed by atoms with Gasteiger partial charge in [-0.2, -0.15) is 0 Å². The lowest BCUT2D eigenvalue weighted by atomic mass is 10.1. The molecule has 0 aromatic heterocycles. The van der Waals surface area contributed by atoms with Crippen LogP contribution in [-0.2, 0) is 24.4 Å². The molecule has 0 bridgehead atoms. The Morgan fingerprint density at radius 2 is 1.67 bits per heavy atom. The maximum Gasteiger partial charge on any atom is 0.327 e. The molecule has 0 aliphatic rings. The summed E-state index contributed by atoms with van der Waals surface area (Å²) in [5, 5.41) is 2.38. The van der Waals surface area contributed by atoms with E-state index in [2.05, 4.69) is 15.5 Å². The minimum Gasteiger partial charge on any atom is -0.346 e. The average molecular weight is 398 g/mol. The zero-order chi connectivity index (χ0) is 20.6. The minimum atomic E-state index is -3.65. The van der Waals surface area contributed by atoms with Crippen LogP contribution in [0.3, 0.4) is 0 Å². The van der Waals surface area contributed by atoms with Crippen LogP contribution in [0, 0.1) is 13.8 Å². The number of amides is 3. The Labute approximate surface area is 159 Å². The predicted octanol–water partition coefficient (Wildman–Crippen LogP) is 0.0339. The monoisotopic (exact) mass is 398 g/mol. The summed E-state index contributed by atoms with van der Waals surface area (Å²) >= 11 is 0. The highest BCUT2D eigenvalue weighted by Crippen LogP contribution is 2.14. The lowest BCUT2D eigenvalue weighted by molar-refractivity contribution is -0.141. The molecule has 10 heteroatoms. The van der Waals surface area contributed by atoms with Crippen molar-refractivity contribution in [2.45, 2.75) is 51.5 Å². The molecule has 27 heavy (non-hydrogen) atoms. The summed E-state index contributed by atoms with van der Waals surface area (Å²) in [4.78, 5) is 34.6. The Kier molecular flexibility index (Phi) is 8.38. The van der Waals surface area contributed by atoms with E-state index >= 15 is 0 Å². The van der Waals surface area contributed by atoms with Crippen molar-refractivity contribution in [3.05, 3.63) is 29.3 Å². The first kappa shape index (κ1) is 22.6. The van der Waals surface area contributed by atoms with Gasteiger partial charge >= 0.3 is 11.8 Å². The molecule has 150 valence electrons. The first-order chi connectivity index (χ1) is 12.5. The standard InChI is InChI=1S/C17H26N4O5S/c1-11(2)19-16(23)17(24)21-20-15(22)6-5-9-18-27(25,26)14-8-7-12(3)13(4)10-14/h7-8,10-11,18H,5-6,9H2,1-4H3,(H,19,23)(H,20,22)(H,21,24). The summed E-state index contributed by atoms with van der Waals surface area (Å²) < 4.78 is 26.8. The molecule has 0 spiro atoms. The Morgan fingerprint density at radius 1 is 1.00 bits per heavy atom. The molecular formula is C17H26N4O5S. The van der Waals surface area contributed by atoms with Crippen molar-refractivity contribution in [3.63, 3.8) is 0 Å². The van der Waals surface area contributed by atoms with Gasteiger partial charge in [0, 0.05) is 19.0 Å². The van der Waals surface area contributed by atoms with Crippen LogP contribution >= 0.6 is 0 Å². The summed E-state index contributed by atoms with van der Waals surface area (Å²) in [5.74, 6) is -2.37. The first-order valence-corrected chi connectivity index (χ1v) is 9.98. The fraction of sp³-hybridized carbons (Fsp3) is 0.471. The molecule has 0 heterocycles. The van der Waals surface area contributed by atoms with Crippen LogP contribution in [0.15, 0.2) is 23.1 Å². The molecule has 9 nitrogen and oxygen atoms in total. The van der Waals surface area contributed by atoms with Crippen molar-refractivity contribution >= 4 is 27.7 Å². The number of hydrogen-bond acceptors (Lipinski definition) is 5. The molecule has 0 radical (unpaired) electrons. The van der Waals surface area contributed by atoms with E-state index in [0.717, 1.165) is 11.1 Å². The molecule has 0 unspecified atom stereocenters. The third kappa shape index (κ3) is 7.75. The van der Waals surface area contributed by atoms with Crippen LogP contribution in [0.1, 0.15) is 37.8 Å². The van der Waals surface area contributed by atoms with Crippen molar-refractivity contribution in [1.82, 2.24) is 20.9 Å². The quantitative estimate of drug-likeness (QED) is 0.292.